The maximum absolute atomic E-state index is 5.38. The fraction of sp³-hybridized carbons (Fsp3) is 0. The van der Waals surface area contributed by atoms with Gasteiger partial charge >= 0.3 is 0 Å². The molecule has 0 saturated carbocycles. The van der Waals surface area contributed by atoms with E-state index in [9.17, 15) is 0 Å². The van der Waals surface area contributed by atoms with Crippen molar-refractivity contribution >= 4 is 64.1 Å². The number of para-hydroxylation sites is 1. The van der Waals surface area contributed by atoms with Crippen molar-refractivity contribution in [3.63, 3.8) is 0 Å². The van der Waals surface area contributed by atoms with Gasteiger partial charge in [0.15, 0.2) is 0 Å². The topological polar surface area (TPSA) is 30.7 Å². The molecule has 0 bridgehead atoms. The van der Waals surface area contributed by atoms with Crippen molar-refractivity contribution in [1.29, 1.82) is 0 Å². The minimum absolute atomic E-state index is 0.630. The van der Waals surface area contributed by atoms with Crippen molar-refractivity contribution < 1.29 is 0 Å². The van der Waals surface area contributed by atoms with Crippen molar-refractivity contribution in [3.8, 4) is 73.0 Å². The highest BCUT2D eigenvalue weighted by Crippen LogP contribution is 2.41. The molecule has 0 unspecified atom stereocenters. The normalized spacial score (nSPS) is 11.6. The third-order valence-electron chi connectivity index (χ3n) is 13.1. The Labute approximate surface area is 386 Å². The highest BCUT2D eigenvalue weighted by molar-refractivity contribution is 7.25. The molecule has 13 rings (SSSR count). The highest BCUT2D eigenvalue weighted by Gasteiger charge is 2.19. The largest absolute Gasteiger partial charge is 0.278 e. The van der Waals surface area contributed by atoms with E-state index in [4.69, 9.17) is 9.97 Å². The molecule has 0 aliphatic heterocycles. The molecule has 10 aromatic carbocycles. The van der Waals surface area contributed by atoms with Crippen LogP contribution in [-0.2, 0) is 0 Å². The van der Waals surface area contributed by atoms with Crippen molar-refractivity contribution in [2.45, 2.75) is 0 Å². The third-order valence-corrected chi connectivity index (χ3v) is 14.2. The van der Waals surface area contributed by atoms with Crippen LogP contribution in [0.1, 0.15) is 0 Å². The Morgan fingerprint density at radius 3 is 1.33 bits per heavy atom. The first kappa shape index (κ1) is 38.1. The Morgan fingerprint density at radius 1 is 0.273 bits per heavy atom. The molecule has 0 amide bonds. The summed E-state index contributed by atoms with van der Waals surface area (Å²) in [6.45, 7) is 0. The maximum atomic E-state index is 5.38. The van der Waals surface area contributed by atoms with Gasteiger partial charge in [-0.3, -0.25) is 4.57 Å². The molecule has 66 heavy (non-hydrogen) atoms. The predicted octanol–water partition coefficient (Wildman–Crippen LogP) is 17.1. The Kier molecular flexibility index (Phi) is 9.03. The molecule has 0 aliphatic carbocycles. The SMILES string of the molecule is c1ccc(-c2ccc(-c3cc(-c4ccc(-c5ccccc5)cc4)nc(-n4c5ccccc5c5cc(-c6cccc7c(-c8ccc9sc%10ccccc%10c9c8)cccc67)ccc54)n3)cc2)cc1. The molecule has 0 N–H and O–H groups in total. The lowest BCUT2D eigenvalue weighted by Crippen LogP contribution is -2.04. The molecule has 0 saturated heterocycles. The van der Waals surface area contributed by atoms with Crippen molar-refractivity contribution in [3.05, 3.63) is 237 Å². The van der Waals surface area contributed by atoms with Crippen LogP contribution in [0, 0.1) is 0 Å². The van der Waals surface area contributed by atoms with Gasteiger partial charge in [0.05, 0.1) is 22.4 Å². The predicted molar refractivity (Wildman–Crippen MR) is 279 cm³/mol. The summed E-state index contributed by atoms with van der Waals surface area (Å²) in [5.74, 6) is 0.630. The molecule has 3 nitrogen and oxygen atoms in total. The van der Waals surface area contributed by atoms with Gasteiger partial charge in [0, 0.05) is 42.1 Å². The quantitative estimate of drug-likeness (QED) is 0.160. The van der Waals surface area contributed by atoms with E-state index in [-0.39, 0.29) is 0 Å². The number of benzene rings is 10. The molecular formula is C62H39N3S. The minimum Gasteiger partial charge on any atom is -0.278 e. The van der Waals surface area contributed by atoms with E-state index in [1.807, 2.05) is 11.3 Å². The second-order valence-electron chi connectivity index (χ2n) is 16.9. The summed E-state index contributed by atoms with van der Waals surface area (Å²) in [6.07, 6.45) is 0. The van der Waals surface area contributed by atoms with Crippen LogP contribution in [0.25, 0.3) is 126 Å². The first-order valence-corrected chi connectivity index (χ1v) is 23.2. The number of hydrogen-bond donors (Lipinski definition) is 0. The van der Waals surface area contributed by atoms with Gasteiger partial charge in [-0.15, -0.1) is 11.3 Å². The van der Waals surface area contributed by atoms with E-state index in [0.29, 0.717) is 5.95 Å². The van der Waals surface area contributed by atoms with E-state index in [2.05, 4.69) is 241 Å². The molecule has 0 aliphatic rings. The van der Waals surface area contributed by atoms with Crippen LogP contribution in [0.3, 0.4) is 0 Å². The number of nitrogens with zero attached hydrogens (tertiary/aromatic N) is 3. The van der Waals surface area contributed by atoms with Crippen molar-refractivity contribution in [1.82, 2.24) is 14.5 Å². The van der Waals surface area contributed by atoms with Gasteiger partial charge in [-0.1, -0.05) is 194 Å². The zero-order chi connectivity index (χ0) is 43.6. The van der Waals surface area contributed by atoms with E-state index in [0.717, 1.165) is 44.3 Å². The third kappa shape index (κ3) is 6.50. The molecule has 3 aromatic heterocycles. The van der Waals surface area contributed by atoms with Crippen LogP contribution in [0.15, 0.2) is 237 Å². The molecule has 0 atom stereocenters. The van der Waals surface area contributed by atoms with Gasteiger partial charge in [0.2, 0.25) is 5.95 Å². The molecule has 3 heterocycles. The van der Waals surface area contributed by atoms with Crippen LogP contribution in [-0.4, -0.2) is 14.5 Å². The van der Waals surface area contributed by atoms with E-state index < -0.39 is 0 Å². The lowest BCUT2D eigenvalue weighted by atomic mass is 9.92. The number of fused-ring (bicyclic) bond motifs is 7. The lowest BCUT2D eigenvalue weighted by molar-refractivity contribution is 0.996. The molecule has 0 spiro atoms. The standard InChI is InChI=1S/C62H39N3S/c1-3-13-40(14-4-1)42-25-29-44(30-26-42)56-39-57(45-31-27-43(28-32-45)41-15-5-2-6-16-41)64-62(63-56)65-58-23-9-7-17-52(58)54-37-46(33-35-59(54)65)48-19-11-22-51-49(20-12-21-50(48)51)47-34-36-61-55(38-47)53-18-8-10-24-60(53)66-61/h1-39H. The van der Waals surface area contributed by atoms with Crippen molar-refractivity contribution in [2.75, 3.05) is 0 Å². The lowest BCUT2D eigenvalue weighted by Gasteiger charge is -2.13. The van der Waals surface area contributed by atoms with Gasteiger partial charge in [-0.25, -0.2) is 9.97 Å². The van der Waals surface area contributed by atoms with Crippen LogP contribution in [0.2, 0.25) is 0 Å². The van der Waals surface area contributed by atoms with Crippen LogP contribution >= 0.6 is 11.3 Å². The highest BCUT2D eigenvalue weighted by atomic mass is 32.1. The Morgan fingerprint density at radius 2 is 0.712 bits per heavy atom. The Hall–Kier alpha value is -8.44. The summed E-state index contributed by atoms with van der Waals surface area (Å²) in [5.41, 5.74) is 15.4. The molecule has 4 heteroatoms. The first-order chi connectivity index (χ1) is 32.7. The second-order valence-corrected chi connectivity index (χ2v) is 18.0. The molecular weight excluding hydrogens is 819 g/mol. The smallest absolute Gasteiger partial charge is 0.235 e. The van der Waals surface area contributed by atoms with Gasteiger partial charge in [0.1, 0.15) is 0 Å². The van der Waals surface area contributed by atoms with Crippen LogP contribution in [0.4, 0.5) is 0 Å². The Balaban J connectivity index is 0.950. The van der Waals surface area contributed by atoms with Crippen LogP contribution in [0.5, 0.6) is 0 Å². The number of aromatic nitrogens is 3. The fourth-order valence-corrected chi connectivity index (χ4v) is 10.9. The summed E-state index contributed by atoms with van der Waals surface area (Å²) >= 11 is 1.86. The van der Waals surface area contributed by atoms with Gasteiger partial charge in [0.25, 0.3) is 0 Å². The average molecular weight is 858 g/mol. The number of rotatable bonds is 7. The minimum atomic E-state index is 0.630. The van der Waals surface area contributed by atoms with E-state index in [1.165, 1.54) is 75.5 Å². The summed E-state index contributed by atoms with van der Waals surface area (Å²) in [5, 5.41) is 7.40. The summed E-state index contributed by atoms with van der Waals surface area (Å²) in [4.78, 5) is 10.8. The zero-order valence-corrected chi connectivity index (χ0v) is 36.6. The summed E-state index contributed by atoms with van der Waals surface area (Å²) in [6, 6.07) is 85.2. The van der Waals surface area contributed by atoms with E-state index >= 15 is 0 Å². The number of thiophene rings is 1. The Bertz CT molecular complexity index is 3860. The second kappa shape index (κ2) is 15.7. The molecule has 0 radical (unpaired) electrons. The first-order valence-electron chi connectivity index (χ1n) is 22.4. The van der Waals surface area contributed by atoms with E-state index in [1.54, 1.807) is 0 Å². The fourth-order valence-electron chi connectivity index (χ4n) is 9.82. The zero-order valence-electron chi connectivity index (χ0n) is 35.8. The maximum Gasteiger partial charge on any atom is 0.235 e. The van der Waals surface area contributed by atoms with Gasteiger partial charge in [-0.05, 0) is 97.7 Å². The van der Waals surface area contributed by atoms with Crippen molar-refractivity contribution in [2.24, 2.45) is 0 Å². The summed E-state index contributed by atoms with van der Waals surface area (Å²) < 4.78 is 4.88. The monoisotopic (exact) mass is 857 g/mol. The molecule has 0 fully saturated rings. The van der Waals surface area contributed by atoms with Crippen LogP contribution < -0.4 is 0 Å². The number of hydrogen-bond acceptors (Lipinski definition) is 3. The molecule has 308 valence electrons. The molecule has 13 aromatic rings. The van der Waals surface area contributed by atoms with Gasteiger partial charge in [-0.2, -0.15) is 0 Å². The summed E-state index contributed by atoms with van der Waals surface area (Å²) in [7, 11) is 0. The average Bonchev–Trinajstić information content (AvgIpc) is 3.94. The van der Waals surface area contributed by atoms with Gasteiger partial charge < -0.3 is 0 Å².